The van der Waals surface area contributed by atoms with E-state index in [0.717, 1.165) is 32.4 Å². The monoisotopic (exact) mass is 490 g/mol. The van der Waals surface area contributed by atoms with Gasteiger partial charge < -0.3 is 0 Å². The number of pyridine rings is 1. The van der Waals surface area contributed by atoms with E-state index in [1.54, 1.807) is 31.3 Å². The van der Waals surface area contributed by atoms with E-state index in [0.29, 0.717) is 11.1 Å². The molecule has 0 amide bonds. The summed E-state index contributed by atoms with van der Waals surface area (Å²) in [6.45, 7) is 5.11. The Balaban J connectivity index is 2.12. The van der Waals surface area contributed by atoms with E-state index in [-0.39, 0.29) is 35.5 Å². The van der Waals surface area contributed by atoms with Gasteiger partial charge in [-0.2, -0.15) is 5.26 Å². The fourth-order valence-corrected chi connectivity index (χ4v) is 4.10. The van der Waals surface area contributed by atoms with Crippen LogP contribution in [0, 0.1) is 49.6 Å². The average Bonchev–Trinajstić information content (AvgIpc) is 2.83. The first-order valence-electron chi connectivity index (χ1n) is 11.0. The smallest absolute Gasteiger partial charge is 0.279 e. The molecule has 4 aromatic rings. The Morgan fingerprint density at radius 1 is 0.944 bits per heavy atom. The molecule has 0 N–H and O–H groups in total. The van der Waals surface area contributed by atoms with Crippen LogP contribution in [-0.4, -0.2) is 14.1 Å². The van der Waals surface area contributed by atoms with Gasteiger partial charge in [-0.1, -0.05) is 12.1 Å². The molecule has 36 heavy (non-hydrogen) atoms. The van der Waals surface area contributed by atoms with E-state index < -0.39 is 28.7 Å². The summed E-state index contributed by atoms with van der Waals surface area (Å²) >= 11 is 0. The Hall–Kier alpha value is -4.45. The van der Waals surface area contributed by atoms with Gasteiger partial charge in [-0.15, -0.1) is 0 Å². The zero-order valence-electron chi connectivity index (χ0n) is 19.8. The van der Waals surface area contributed by atoms with E-state index in [1.165, 1.54) is 6.20 Å². The van der Waals surface area contributed by atoms with E-state index in [2.05, 4.69) is 4.98 Å². The van der Waals surface area contributed by atoms with Crippen LogP contribution in [0.5, 0.6) is 0 Å². The van der Waals surface area contributed by atoms with E-state index >= 15 is 0 Å². The van der Waals surface area contributed by atoms with Gasteiger partial charge in [0.05, 0.1) is 23.6 Å². The minimum absolute atomic E-state index is 0.00958. The van der Waals surface area contributed by atoms with Gasteiger partial charge in [0.25, 0.3) is 5.56 Å². The average molecular weight is 490 g/mol. The molecule has 4 rings (SSSR count). The molecule has 0 aliphatic heterocycles. The van der Waals surface area contributed by atoms with Crippen molar-refractivity contribution in [3.05, 3.63) is 115 Å². The predicted octanol–water partition coefficient (Wildman–Crippen LogP) is 4.52. The summed E-state index contributed by atoms with van der Waals surface area (Å²) in [4.78, 5) is 31.4. The summed E-state index contributed by atoms with van der Waals surface area (Å²) in [5.41, 5.74) is 1.85. The number of nitrogens with zero attached hydrogens (tertiary/aromatic N) is 4. The number of hydrogen-bond donors (Lipinski definition) is 0. The minimum atomic E-state index is -1.62. The van der Waals surface area contributed by atoms with Gasteiger partial charge >= 0.3 is 5.69 Å². The molecule has 0 aliphatic carbocycles. The van der Waals surface area contributed by atoms with Crippen LogP contribution >= 0.6 is 0 Å². The summed E-state index contributed by atoms with van der Waals surface area (Å²) in [5, 5.41) is 9.52. The maximum Gasteiger partial charge on any atom is 0.337 e. The van der Waals surface area contributed by atoms with Crippen molar-refractivity contribution < 1.29 is 13.2 Å². The molecule has 0 atom stereocenters. The normalized spacial score (nSPS) is 10.9. The van der Waals surface area contributed by atoms with Crippen LogP contribution in [0.25, 0.3) is 16.9 Å². The second kappa shape index (κ2) is 9.66. The van der Waals surface area contributed by atoms with Crippen LogP contribution in [-0.2, 0) is 13.0 Å². The molecule has 0 bridgehead atoms. The highest BCUT2D eigenvalue weighted by atomic mass is 19.2. The standard InChI is InChI=1S/C27H21F3N4O2/c1-15-8-20(14-32-13-15)34-26(35)21(10-18-11-22(28)24(30)23(29)12-18)25(33(7-6-31)27(34)36)19-5-4-16(2)17(3)9-19/h4-5,8-9,11-14H,7,10H2,1-3H3. The lowest BCUT2D eigenvalue weighted by atomic mass is 9.97. The molecule has 0 unspecified atom stereocenters. The molecule has 2 heterocycles. The molecule has 6 nitrogen and oxygen atoms in total. The summed E-state index contributed by atoms with van der Waals surface area (Å²) in [6.07, 6.45) is 2.57. The van der Waals surface area contributed by atoms with E-state index in [4.69, 9.17) is 0 Å². The van der Waals surface area contributed by atoms with Gasteiger partial charge in [0.2, 0.25) is 0 Å². The molecule has 0 fully saturated rings. The maximum absolute atomic E-state index is 14.0. The van der Waals surface area contributed by atoms with Gasteiger partial charge in [0.1, 0.15) is 6.54 Å². The van der Waals surface area contributed by atoms with E-state index in [9.17, 15) is 28.0 Å². The molecule has 0 aliphatic rings. The highest BCUT2D eigenvalue weighted by Gasteiger charge is 2.23. The van der Waals surface area contributed by atoms with Crippen LogP contribution in [0.15, 0.2) is 58.4 Å². The Kier molecular flexibility index (Phi) is 6.62. The maximum atomic E-state index is 14.0. The second-order valence-electron chi connectivity index (χ2n) is 8.56. The lowest BCUT2D eigenvalue weighted by Gasteiger charge is -2.19. The van der Waals surface area contributed by atoms with Crippen LogP contribution in [0.2, 0.25) is 0 Å². The summed E-state index contributed by atoms with van der Waals surface area (Å²) in [7, 11) is 0. The lowest BCUT2D eigenvalue weighted by Crippen LogP contribution is -2.42. The topological polar surface area (TPSA) is 80.7 Å². The minimum Gasteiger partial charge on any atom is -0.279 e. The van der Waals surface area contributed by atoms with Crippen molar-refractivity contribution in [2.45, 2.75) is 33.7 Å². The number of rotatable bonds is 5. The fourth-order valence-electron chi connectivity index (χ4n) is 4.10. The van der Waals surface area contributed by atoms with Crippen molar-refractivity contribution in [2.24, 2.45) is 0 Å². The third kappa shape index (κ3) is 4.45. The van der Waals surface area contributed by atoms with Crippen LogP contribution in [0.3, 0.4) is 0 Å². The first kappa shape index (κ1) is 24.7. The molecule has 0 radical (unpaired) electrons. The number of benzene rings is 2. The highest BCUT2D eigenvalue weighted by molar-refractivity contribution is 5.66. The number of halogens is 3. The third-order valence-corrected chi connectivity index (χ3v) is 5.99. The SMILES string of the molecule is Cc1cncc(-n2c(=O)c(Cc3cc(F)c(F)c(F)c3)c(-c3ccc(C)c(C)c3)n(CC#N)c2=O)c1. The van der Waals surface area contributed by atoms with Gasteiger partial charge in [-0.25, -0.2) is 22.5 Å². The molecule has 0 saturated heterocycles. The van der Waals surface area contributed by atoms with Crippen molar-refractivity contribution in [3.63, 3.8) is 0 Å². The second-order valence-corrected chi connectivity index (χ2v) is 8.56. The summed E-state index contributed by atoms with van der Waals surface area (Å²) in [6, 6.07) is 10.4. The Morgan fingerprint density at radius 3 is 2.25 bits per heavy atom. The van der Waals surface area contributed by atoms with Crippen molar-refractivity contribution in [3.8, 4) is 23.0 Å². The lowest BCUT2D eigenvalue weighted by molar-refractivity contribution is 0.445. The third-order valence-electron chi connectivity index (χ3n) is 5.99. The number of nitriles is 1. The summed E-state index contributed by atoms with van der Waals surface area (Å²) in [5.74, 6) is -4.41. The van der Waals surface area contributed by atoms with Gasteiger partial charge in [-0.3, -0.25) is 14.3 Å². The fraction of sp³-hybridized carbons (Fsp3) is 0.185. The van der Waals surface area contributed by atoms with Gasteiger partial charge in [0.15, 0.2) is 17.5 Å². The van der Waals surface area contributed by atoms with Crippen LogP contribution in [0.1, 0.15) is 27.8 Å². The molecule has 9 heteroatoms. The van der Waals surface area contributed by atoms with Crippen LogP contribution in [0.4, 0.5) is 13.2 Å². The summed E-state index contributed by atoms with van der Waals surface area (Å²) < 4.78 is 43.7. The first-order valence-corrected chi connectivity index (χ1v) is 11.0. The molecule has 0 spiro atoms. The largest absolute Gasteiger partial charge is 0.337 e. The molecule has 182 valence electrons. The molecular formula is C27H21F3N4O2. The quantitative estimate of drug-likeness (QED) is 0.386. The Morgan fingerprint density at radius 2 is 1.64 bits per heavy atom. The van der Waals surface area contributed by atoms with Crippen molar-refractivity contribution in [2.75, 3.05) is 0 Å². The molecule has 2 aromatic carbocycles. The zero-order valence-corrected chi connectivity index (χ0v) is 19.8. The molecule has 0 saturated carbocycles. The van der Waals surface area contributed by atoms with Crippen molar-refractivity contribution >= 4 is 0 Å². The van der Waals surface area contributed by atoms with Gasteiger partial charge in [0, 0.05) is 18.2 Å². The zero-order chi connectivity index (χ0) is 26.1. The first-order chi connectivity index (χ1) is 17.1. The number of aryl methyl sites for hydroxylation is 3. The van der Waals surface area contributed by atoms with Crippen molar-refractivity contribution in [1.29, 1.82) is 5.26 Å². The molecule has 2 aromatic heterocycles. The highest BCUT2D eigenvalue weighted by Crippen LogP contribution is 2.26. The predicted molar refractivity (Wildman–Crippen MR) is 128 cm³/mol. The number of aromatic nitrogens is 3. The van der Waals surface area contributed by atoms with E-state index in [1.807, 2.05) is 26.0 Å². The van der Waals surface area contributed by atoms with Gasteiger partial charge in [-0.05, 0) is 72.9 Å². The van der Waals surface area contributed by atoms with Crippen LogP contribution < -0.4 is 11.2 Å². The van der Waals surface area contributed by atoms with Crippen molar-refractivity contribution in [1.82, 2.24) is 14.1 Å². The Bertz CT molecular complexity index is 1640. The number of hydrogen-bond acceptors (Lipinski definition) is 4. The molecular weight excluding hydrogens is 469 g/mol. The Labute approximate surface area is 204 Å².